The smallest absolute Gasteiger partial charge is 0.254 e. The summed E-state index contributed by atoms with van der Waals surface area (Å²) in [7, 11) is 1.92. The van der Waals surface area contributed by atoms with Gasteiger partial charge >= 0.3 is 0 Å². The van der Waals surface area contributed by atoms with E-state index in [1.165, 1.54) is 6.07 Å². The van der Waals surface area contributed by atoms with Gasteiger partial charge < -0.3 is 15.2 Å². The van der Waals surface area contributed by atoms with E-state index in [1.807, 2.05) is 30.1 Å². The number of amides is 1. The van der Waals surface area contributed by atoms with Crippen molar-refractivity contribution in [1.82, 2.24) is 15.2 Å². The summed E-state index contributed by atoms with van der Waals surface area (Å²) in [5.41, 5.74) is 0.901. The number of likely N-dealkylation sites (tertiary alicyclic amines) is 1. The molecule has 1 atom stereocenters. The number of H-pyrrole nitrogens is 1. The number of hydrogen-bond acceptors (Lipinski definition) is 3. The average Bonchev–Trinajstić information content (AvgIpc) is 2.54. The van der Waals surface area contributed by atoms with Crippen molar-refractivity contribution in [2.75, 3.05) is 20.1 Å². The summed E-state index contributed by atoms with van der Waals surface area (Å²) in [5, 5.41) is 4.00. The molecule has 0 spiro atoms. The topological polar surface area (TPSA) is 65.2 Å². The largest absolute Gasteiger partial charge is 0.337 e. The first-order valence-corrected chi connectivity index (χ1v) is 8.17. The number of pyridine rings is 1. The number of nitrogens with one attached hydrogen (secondary N) is 2. The molecule has 2 heterocycles. The van der Waals surface area contributed by atoms with Gasteiger partial charge in [0.2, 0.25) is 5.56 Å². The van der Waals surface area contributed by atoms with E-state index < -0.39 is 0 Å². The molecule has 1 unspecified atom stereocenters. The summed E-state index contributed by atoms with van der Waals surface area (Å²) in [6.45, 7) is 1.41. The monoisotopic (exact) mass is 399 g/mol. The molecule has 1 aromatic carbocycles. The van der Waals surface area contributed by atoms with Gasteiger partial charge in [-0.3, -0.25) is 9.59 Å². The average molecular weight is 401 g/mol. The van der Waals surface area contributed by atoms with Crippen molar-refractivity contribution in [2.45, 2.75) is 18.9 Å². The Morgan fingerprint density at radius 1 is 1.39 bits per heavy atom. The summed E-state index contributed by atoms with van der Waals surface area (Å²) < 4.78 is 0.882. The molecule has 0 saturated carbocycles. The van der Waals surface area contributed by atoms with Crippen LogP contribution < -0.4 is 10.9 Å². The highest BCUT2D eigenvalue weighted by molar-refractivity contribution is 9.10. The highest BCUT2D eigenvalue weighted by Gasteiger charge is 2.25. The van der Waals surface area contributed by atoms with Crippen LogP contribution in [0.15, 0.2) is 33.5 Å². The maximum absolute atomic E-state index is 12.9. The second-order valence-electron chi connectivity index (χ2n) is 5.62. The van der Waals surface area contributed by atoms with Gasteiger partial charge in [0.15, 0.2) is 0 Å². The van der Waals surface area contributed by atoms with Crippen LogP contribution in [0.3, 0.4) is 0 Å². The van der Waals surface area contributed by atoms with Crippen LogP contribution in [0.5, 0.6) is 0 Å². The number of benzene rings is 1. The Labute approximate surface area is 149 Å². The van der Waals surface area contributed by atoms with Crippen molar-refractivity contribution in [3.8, 4) is 0 Å². The minimum Gasteiger partial charge on any atom is -0.337 e. The van der Waals surface area contributed by atoms with E-state index in [0.29, 0.717) is 23.7 Å². The Morgan fingerprint density at radius 2 is 2.17 bits per heavy atom. The van der Waals surface area contributed by atoms with E-state index in [4.69, 9.17) is 0 Å². The highest BCUT2D eigenvalue weighted by Crippen LogP contribution is 2.22. The van der Waals surface area contributed by atoms with Crippen molar-refractivity contribution in [3.63, 3.8) is 0 Å². The molecule has 1 aromatic heterocycles. The second-order valence-corrected chi connectivity index (χ2v) is 6.53. The van der Waals surface area contributed by atoms with E-state index in [9.17, 15) is 9.59 Å². The van der Waals surface area contributed by atoms with Crippen LogP contribution in [-0.2, 0) is 0 Å². The minimum atomic E-state index is -0.250. The Morgan fingerprint density at radius 3 is 2.91 bits per heavy atom. The molecular formula is C16H19BrClN3O2. The van der Waals surface area contributed by atoms with Crippen molar-refractivity contribution in [2.24, 2.45) is 0 Å². The summed E-state index contributed by atoms with van der Waals surface area (Å²) in [5.74, 6) is -0.0749. The van der Waals surface area contributed by atoms with E-state index in [1.54, 1.807) is 0 Å². The molecule has 23 heavy (non-hydrogen) atoms. The van der Waals surface area contributed by atoms with Gasteiger partial charge in [-0.25, -0.2) is 0 Å². The zero-order valence-corrected chi connectivity index (χ0v) is 15.2. The van der Waals surface area contributed by atoms with Crippen molar-refractivity contribution in [3.05, 3.63) is 44.7 Å². The number of fused-ring (bicyclic) bond motifs is 1. The predicted octanol–water partition coefficient (Wildman–Crippen LogP) is 2.54. The fraction of sp³-hybridized carbons (Fsp3) is 0.375. The molecule has 0 aliphatic carbocycles. The van der Waals surface area contributed by atoms with Gasteiger partial charge in [-0.05, 0) is 38.1 Å². The summed E-state index contributed by atoms with van der Waals surface area (Å²) >= 11 is 3.42. The molecule has 1 amide bonds. The van der Waals surface area contributed by atoms with Crippen LogP contribution in [0.4, 0.5) is 0 Å². The van der Waals surface area contributed by atoms with Gasteiger partial charge in [0, 0.05) is 40.6 Å². The van der Waals surface area contributed by atoms with Crippen molar-refractivity contribution in [1.29, 1.82) is 0 Å². The predicted molar refractivity (Wildman–Crippen MR) is 97.5 cm³/mol. The lowest BCUT2D eigenvalue weighted by molar-refractivity contribution is 0.0700. The van der Waals surface area contributed by atoms with Gasteiger partial charge in [0.25, 0.3) is 5.91 Å². The number of carbonyl (C=O) groups is 1. The van der Waals surface area contributed by atoms with Crippen molar-refractivity contribution >= 4 is 45.1 Å². The van der Waals surface area contributed by atoms with Gasteiger partial charge in [0.1, 0.15) is 0 Å². The third-order valence-corrected chi connectivity index (χ3v) is 4.65. The Balaban J connectivity index is 0.00000192. The first-order valence-electron chi connectivity index (χ1n) is 7.37. The number of carbonyl (C=O) groups excluding carboxylic acids is 1. The number of likely N-dealkylation sites (N-methyl/N-ethyl adjacent to an activating group) is 1. The normalized spacial score (nSPS) is 17.8. The first-order chi connectivity index (χ1) is 10.6. The van der Waals surface area contributed by atoms with Crippen LogP contribution >= 0.6 is 28.3 Å². The summed E-state index contributed by atoms with van der Waals surface area (Å²) in [6, 6.07) is 7.25. The fourth-order valence-electron chi connectivity index (χ4n) is 2.97. The number of nitrogens with zero attached hydrogens (tertiary/aromatic N) is 1. The van der Waals surface area contributed by atoms with Gasteiger partial charge in [-0.2, -0.15) is 0 Å². The third kappa shape index (κ3) is 3.76. The molecule has 1 saturated heterocycles. The summed E-state index contributed by atoms with van der Waals surface area (Å²) in [4.78, 5) is 29.3. The molecule has 1 aliphatic heterocycles. The fourth-order valence-corrected chi connectivity index (χ4v) is 3.33. The van der Waals surface area contributed by atoms with Gasteiger partial charge in [-0.1, -0.05) is 15.9 Å². The van der Waals surface area contributed by atoms with E-state index in [-0.39, 0.29) is 23.9 Å². The molecule has 7 heteroatoms. The maximum atomic E-state index is 12.9. The zero-order chi connectivity index (χ0) is 15.7. The standard InChI is InChI=1S/C16H18BrN3O2.ClH/c1-18-11-3-2-6-20(9-11)16(22)13-8-15(21)19-14-5-4-10(17)7-12(13)14;/h4-5,7-8,11,18H,2-3,6,9H2,1H3,(H,19,21);1H. The molecule has 1 aliphatic rings. The molecule has 3 rings (SSSR count). The van der Waals surface area contributed by atoms with Crippen LogP contribution in [0.2, 0.25) is 0 Å². The molecule has 0 radical (unpaired) electrons. The van der Waals surface area contributed by atoms with Crippen LogP contribution in [0, 0.1) is 0 Å². The number of halogens is 2. The lowest BCUT2D eigenvalue weighted by atomic mass is 10.0. The molecular weight excluding hydrogens is 382 g/mol. The van der Waals surface area contributed by atoms with Crippen LogP contribution in [-0.4, -0.2) is 42.0 Å². The number of aromatic amines is 1. The molecule has 2 aromatic rings. The molecule has 2 N–H and O–H groups in total. The SMILES string of the molecule is CNC1CCCN(C(=O)c2cc(=O)[nH]c3ccc(Br)cc23)C1.Cl. The quantitative estimate of drug-likeness (QED) is 0.814. The lowest BCUT2D eigenvalue weighted by Crippen LogP contribution is -2.47. The third-order valence-electron chi connectivity index (χ3n) is 4.15. The molecule has 124 valence electrons. The van der Waals surface area contributed by atoms with Crippen LogP contribution in [0.1, 0.15) is 23.2 Å². The molecule has 1 fully saturated rings. The highest BCUT2D eigenvalue weighted by atomic mass is 79.9. The Bertz CT molecular complexity index is 777. The molecule has 5 nitrogen and oxygen atoms in total. The van der Waals surface area contributed by atoms with Crippen molar-refractivity contribution < 1.29 is 4.79 Å². The zero-order valence-electron chi connectivity index (χ0n) is 12.8. The number of piperidine rings is 1. The minimum absolute atomic E-state index is 0. The second kappa shape index (κ2) is 7.47. The van der Waals surface area contributed by atoms with E-state index >= 15 is 0 Å². The number of hydrogen-bond donors (Lipinski definition) is 2. The number of aromatic nitrogens is 1. The van der Waals surface area contributed by atoms with E-state index in [0.717, 1.165) is 29.2 Å². The Kier molecular flexibility index (Phi) is 5.84. The number of rotatable bonds is 2. The van der Waals surface area contributed by atoms with Gasteiger partial charge in [-0.15, -0.1) is 12.4 Å². The first kappa shape index (κ1) is 18.0. The van der Waals surface area contributed by atoms with E-state index in [2.05, 4.69) is 26.2 Å². The lowest BCUT2D eigenvalue weighted by Gasteiger charge is -2.32. The van der Waals surface area contributed by atoms with Crippen LogP contribution in [0.25, 0.3) is 10.9 Å². The summed E-state index contributed by atoms with van der Waals surface area (Å²) in [6.07, 6.45) is 2.05. The van der Waals surface area contributed by atoms with Gasteiger partial charge in [0.05, 0.1) is 5.56 Å². The molecule has 0 bridgehead atoms. The Hall–Kier alpha value is -1.37. The maximum Gasteiger partial charge on any atom is 0.254 e.